The minimum atomic E-state index is -0.129. The number of hydrogen-bond donors (Lipinski definition) is 1. The predicted molar refractivity (Wildman–Crippen MR) is 71.4 cm³/mol. The molecule has 0 unspecified atom stereocenters. The van der Waals surface area contributed by atoms with Crippen molar-refractivity contribution in [1.82, 2.24) is 9.88 Å². The van der Waals surface area contributed by atoms with Crippen molar-refractivity contribution in [2.24, 2.45) is 0 Å². The molecule has 1 fully saturated rings. The number of anilines is 1. The first-order chi connectivity index (χ1) is 9.22. The number of urea groups is 1. The van der Waals surface area contributed by atoms with Crippen molar-refractivity contribution >= 4 is 11.8 Å². The summed E-state index contributed by atoms with van der Waals surface area (Å²) in [4.78, 5) is 18.0. The van der Waals surface area contributed by atoms with Gasteiger partial charge in [0.1, 0.15) is 5.82 Å². The third-order valence-corrected chi connectivity index (χ3v) is 3.23. The van der Waals surface area contributed by atoms with Gasteiger partial charge in [0.2, 0.25) is 5.88 Å². The number of likely N-dealkylation sites (tertiary alicyclic amines) is 1. The first kappa shape index (κ1) is 13.6. The summed E-state index contributed by atoms with van der Waals surface area (Å²) in [6.45, 7) is 1.41. The fourth-order valence-corrected chi connectivity index (χ4v) is 2.08. The lowest BCUT2D eigenvalue weighted by Crippen LogP contribution is -2.42. The van der Waals surface area contributed by atoms with Crippen LogP contribution in [-0.2, 0) is 4.74 Å². The molecule has 0 atom stereocenters. The van der Waals surface area contributed by atoms with Crippen molar-refractivity contribution in [3.8, 4) is 5.88 Å². The van der Waals surface area contributed by atoms with Gasteiger partial charge < -0.3 is 14.4 Å². The van der Waals surface area contributed by atoms with E-state index in [1.165, 1.54) is 0 Å². The molecule has 0 radical (unpaired) electrons. The van der Waals surface area contributed by atoms with Crippen LogP contribution in [-0.4, -0.2) is 49.3 Å². The predicted octanol–water partition coefficient (Wildman–Crippen LogP) is 1.73. The maximum absolute atomic E-state index is 12.1. The molecule has 0 aliphatic carbocycles. The van der Waals surface area contributed by atoms with E-state index in [1.807, 2.05) is 0 Å². The van der Waals surface area contributed by atoms with Gasteiger partial charge in [-0.2, -0.15) is 4.98 Å². The number of ether oxygens (including phenoxy) is 2. The zero-order valence-electron chi connectivity index (χ0n) is 11.3. The highest BCUT2D eigenvalue weighted by Gasteiger charge is 2.22. The number of piperidine rings is 1. The van der Waals surface area contributed by atoms with Crippen LogP contribution in [0.4, 0.5) is 10.6 Å². The lowest BCUT2D eigenvalue weighted by atomic mass is 10.1. The molecule has 1 aromatic heterocycles. The number of nitrogens with one attached hydrogen (secondary N) is 1. The second kappa shape index (κ2) is 6.38. The number of carbonyl (C=O) groups excluding carboxylic acids is 1. The summed E-state index contributed by atoms with van der Waals surface area (Å²) in [6.07, 6.45) is 2.00. The van der Waals surface area contributed by atoms with Crippen molar-refractivity contribution in [2.75, 3.05) is 32.6 Å². The number of pyridine rings is 1. The maximum atomic E-state index is 12.1. The van der Waals surface area contributed by atoms with Crippen LogP contribution < -0.4 is 10.1 Å². The molecule has 1 aliphatic heterocycles. The van der Waals surface area contributed by atoms with E-state index in [-0.39, 0.29) is 12.1 Å². The van der Waals surface area contributed by atoms with E-state index < -0.39 is 0 Å². The maximum Gasteiger partial charge on any atom is 0.323 e. The molecule has 1 aliphatic rings. The van der Waals surface area contributed by atoms with Gasteiger partial charge in [0.05, 0.1) is 13.2 Å². The van der Waals surface area contributed by atoms with Gasteiger partial charge in [0.25, 0.3) is 0 Å². The summed E-state index contributed by atoms with van der Waals surface area (Å²) < 4.78 is 10.3. The lowest BCUT2D eigenvalue weighted by molar-refractivity contribution is 0.0521. The normalized spacial score (nSPS) is 16.2. The van der Waals surface area contributed by atoms with E-state index in [9.17, 15) is 4.79 Å². The Kier molecular flexibility index (Phi) is 4.57. The van der Waals surface area contributed by atoms with E-state index in [0.717, 1.165) is 12.8 Å². The van der Waals surface area contributed by atoms with Crippen LogP contribution in [0.2, 0.25) is 0 Å². The van der Waals surface area contributed by atoms with Gasteiger partial charge in [-0.25, -0.2) is 4.79 Å². The molecule has 1 aromatic rings. The summed E-state index contributed by atoms with van der Waals surface area (Å²) in [5.74, 6) is 0.981. The summed E-state index contributed by atoms with van der Waals surface area (Å²) in [5, 5.41) is 2.77. The minimum Gasteiger partial charge on any atom is -0.481 e. The Labute approximate surface area is 112 Å². The molecule has 2 heterocycles. The average Bonchev–Trinajstić information content (AvgIpc) is 2.47. The third-order valence-electron chi connectivity index (χ3n) is 3.23. The van der Waals surface area contributed by atoms with Crippen LogP contribution >= 0.6 is 0 Å². The van der Waals surface area contributed by atoms with Gasteiger partial charge in [-0.15, -0.1) is 0 Å². The van der Waals surface area contributed by atoms with E-state index in [0.29, 0.717) is 24.8 Å². The number of methoxy groups -OCH3 is 2. The first-order valence-corrected chi connectivity index (χ1v) is 6.32. The Bertz CT molecular complexity index is 431. The van der Waals surface area contributed by atoms with Crippen LogP contribution in [0.1, 0.15) is 12.8 Å². The Morgan fingerprint density at radius 2 is 2.11 bits per heavy atom. The largest absolute Gasteiger partial charge is 0.481 e. The van der Waals surface area contributed by atoms with Crippen LogP contribution in [0, 0.1) is 0 Å². The number of carbonyl (C=O) groups is 1. The van der Waals surface area contributed by atoms with Gasteiger partial charge in [0, 0.05) is 26.3 Å². The third kappa shape index (κ3) is 3.57. The van der Waals surface area contributed by atoms with Gasteiger partial charge >= 0.3 is 6.03 Å². The monoisotopic (exact) mass is 265 g/mol. The molecule has 19 heavy (non-hydrogen) atoms. The van der Waals surface area contributed by atoms with Gasteiger partial charge in [-0.1, -0.05) is 6.07 Å². The molecule has 104 valence electrons. The van der Waals surface area contributed by atoms with Crippen LogP contribution in [0.15, 0.2) is 18.2 Å². The second-order valence-corrected chi connectivity index (χ2v) is 4.42. The molecule has 0 aromatic carbocycles. The Morgan fingerprint density at radius 3 is 2.74 bits per heavy atom. The molecule has 0 bridgehead atoms. The highest BCUT2D eigenvalue weighted by molar-refractivity contribution is 5.88. The van der Waals surface area contributed by atoms with E-state index in [2.05, 4.69) is 10.3 Å². The second-order valence-electron chi connectivity index (χ2n) is 4.42. The van der Waals surface area contributed by atoms with E-state index in [4.69, 9.17) is 9.47 Å². The molecule has 1 saturated heterocycles. The van der Waals surface area contributed by atoms with Crippen LogP contribution in [0.25, 0.3) is 0 Å². The number of rotatable bonds is 3. The Hall–Kier alpha value is -1.82. The summed E-state index contributed by atoms with van der Waals surface area (Å²) >= 11 is 0. The number of amides is 2. The standard InChI is InChI=1S/C13H19N3O3/c1-18-10-6-8-16(9-7-10)13(17)15-11-4-3-5-12(14-11)19-2/h3-5,10H,6-9H2,1-2H3,(H,14,15,17). The number of nitrogens with zero attached hydrogens (tertiary/aromatic N) is 2. The van der Waals surface area contributed by atoms with Crippen molar-refractivity contribution < 1.29 is 14.3 Å². The topological polar surface area (TPSA) is 63.7 Å². The Balaban J connectivity index is 1.90. The minimum absolute atomic E-state index is 0.129. The molecule has 1 N–H and O–H groups in total. The first-order valence-electron chi connectivity index (χ1n) is 6.32. The highest BCUT2D eigenvalue weighted by atomic mass is 16.5. The highest BCUT2D eigenvalue weighted by Crippen LogP contribution is 2.15. The van der Waals surface area contributed by atoms with Crippen LogP contribution in [0.3, 0.4) is 0 Å². The molecule has 2 rings (SSSR count). The molecule has 0 spiro atoms. The molecule has 2 amide bonds. The van der Waals surface area contributed by atoms with Crippen molar-refractivity contribution in [3.05, 3.63) is 18.2 Å². The fourth-order valence-electron chi connectivity index (χ4n) is 2.08. The van der Waals surface area contributed by atoms with Crippen molar-refractivity contribution in [3.63, 3.8) is 0 Å². The van der Waals surface area contributed by atoms with E-state index >= 15 is 0 Å². The smallest absolute Gasteiger partial charge is 0.323 e. The zero-order chi connectivity index (χ0) is 13.7. The molecule has 6 heteroatoms. The van der Waals surface area contributed by atoms with Gasteiger partial charge in [-0.05, 0) is 18.9 Å². The van der Waals surface area contributed by atoms with Gasteiger partial charge in [-0.3, -0.25) is 5.32 Å². The van der Waals surface area contributed by atoms with Gasteiger partial charge in [0.15, 0.2) is 0 Å². The molecular formula is C13H19N3O3. The molecular weight excluding hydrogens is 246 g/mol. The molecule has 0 saturated carbocycles. The summed E-state index contributed by atoms with van der Waals surface area (Å²) in [7, 11) is 3.25. The number of hydrogen-bond acceptors (Lipinski definition) is 4. The lowest BCUT2D eigenvalue weighted by Gasteiger charge is -2.31. The van der Waals surface area contributed by atoms with Crippen LogP contribution in [0.5, 0.6) is 5.88 Å². The van der Waals surface area contributed by atoms with Crippen molar-refractivity contribution in [1.29, 1.82) is 0 Å². The molecule has 6 nitrogen and oxygen atoms in total. The van der Waals surface area contributed by atoms with E-state index in [1.54, 1.807) is 37.3 Å². The quantitative estimate of drug-likeness (QED) is 0.904. The summed E-state index contributed by atoms with van der Waals surface area (Å²) in [5.41, 5.74) is 0. The fraction of sp³-hybridized carbons (Fsp3) is 0.538. The zero-order valence-corrected chi connectivity index (χ0v) is 11.3. The number of aromatic nitrogens is 1. The SMILES string of the molecule is COc1cccc(NC(=O)N2CCC(OC)CC2)n1. The summed E-state index contributed by atoms with van der Waals surface area (Å²) in [6, 6.07) is 5.14. The van der Waals surface area contributed by atoms with Crippen molar-refractivity contribution in [2.45, 2.75) is 18.9 Å². The average molecular weight is 265 g/mol. The Morgan fingerprint density at radius 1 is 1.37 bits per heavy atom.